The SMILES string of the molecule is COC1CCC2(CC1)Cc1ccc(CCC3CC3)cc1C21N=C(N)N([C@H](C)c2ccccc2)C1=O. The van der Waals surface area contributed by atoms with Gasteiger partial charge in [0.2, 0.25) is 0 Å². The number of rotatable bonds is 6. The van der Waals surface area contributed by atoms with Crippen LogP contribution in [-0.2, 0) is 27.9 Å². The molecule has 0 aromatic heterocycles. The number of fused-ring (bicyclic) bond motifs is 3. The van der Waals surface area contributed by atoms with Gasteiger partial charge in [0.25, 0.3) is 5.91 Å². The molecule has 5 heteroatoms. The summed E-state index contributed by atoms with van der Waals surface area (Å²) in [7, 11) is 1.80. The van der Waals surface area contributed by atoms with E-state index >= 15 is 0 Å². The average molecular weight is 472 g/mol. The third kappa shape index (κ3) is 3.54. The highest BCUT2D eigenvalue weighted by Gasteiger charge is 2.67. The van der Waals surface area contributed by atoms with E-state index in [0.29, 0.717) is 5.96 Å². The summed E-state index contributed by atoms with van der Waals surface area (Å²) in [5.74, 6) is 1.30. The number of nitrogens with zero attached hydrogens (tertiary/aromatic N) is 2. The van der Waals surface area contributed by atoms with Crippen molar-refractivity contribution in [2.24, 2.45) is 22.1 Å². The maximum Gasteiger partial charge on any atom is 0.263 e. The van der Waals surface area contributed by atoms with Crippen LogP contribution >= 0.6 is 0 Å². The Morgan fingerprint density at radius 2 is 1.86 bits per heavy atom. The molecule has 1 unspecified atom stereocenters. The number of guanidine groups is 1. The highest BCUT2D eigenvalue weighted by Crippen LogP contribution is 2.62. The number of carbonyl (C=O) groups excluding carboxylic acids is 1. The molecule has 2 spiro atoms. The molecule has 1 heterocycles. The number of aryl methyl sites for hydroxylation is 1. The molecule has 5 nitrogen and oxygen atoms in total. The predicted octanol–water partition coefficient (Wildman–Crippen LogP) is 5.27. The van der Waals surface area contributed by atoms with Crippen molar-refractivity contribution < 1.29 is 9.53 Å². The summed E-state index contributed by atoms with van der Waals surface area (Å²) < 4.78 is 5.71. The smallest absolute Gasteiger partial charge is 0.263 e. The van der Waals surface area contributed by atoms with Gasteiger partial charge in [0.05, 0.1) is 12.1 Å². The lowest BCUT2D eigenvalue weighted by Crippen LogP contribution is -2.52. The molecule has 2 aromatic rings. The highest BCUT2D eigenvalue weighted by atomic mass is 16.5. The Morgan fingerprint density at radius 3 is 2.54 bits per heavy atom. The Morgan fingerprint density at radius 1 is 1.11 bits per heavy atom. The Labute approximate surface area is 208 Å². The zero-order chi connectivity index (χ0) is 24.2. The fourth-order valence-corrected chi connectivity index (χ4v) is 7.07. The molecule has 0 saturated heterocycles. The molecule has 2 atom stereocenters. The number of hydrogen-bond donors (Lipinski definition) is 1. The normalized spacial score (nSPS) is 30.7. The van der Waals surface area contributed by atoms with Gasteiger partial charge in [-0.25, -0.2) is 4.99 Å². The summed E-state index contributed by atoms with van der Waals surface area (Å²) >= 11 is 0. The molecule has 2 aromatic carbocycles. The van der Waals surface area contributed by atoms with E-state index in [-0.39, 0.29) is 23.5 Å². The second kappa shape index (κ2) is 8.48. The number of benzene rings is 2. The van der Waals surface area contributed by atoms with Crippen LogP contribution in [0, 0.1) is 11.3 Å². The summed E-state index contributed by atoms with van der Waals surface area (Å²) in [6.07, 6.45) is 9.95. The zero-order valence-corrected chi connectivity index (χ0v) is 21.0. The van der Waals surface area contributed by atoms with Crippen LogP contribution in [0.5, 0.6) is 0 Å². The fraction of sp³-hybridized carbons (Fsp3) is 0.533. The molecular formula is C30H37N3O2. The van der Waals surface area contributed by atoms with Crippen molar-refractivity contribution in [3.8, 4) is 0 Å². The number of amides is 1. The first kappa shape index (κ1) is 22.8. The molecular weight excluding hydrogens is 434 g/mol. The zero-order valence-electron chi connectivity index (χ0n) is 21.0. The molecule has 6 rings (SSSR count). The van der Waals surface area contributed by atoms with Crippen molar-refractivity contribution >= 4 is 11.9 Å². The van der Waals surface area contributed by atoms with Gasteiger partial charge in [-0.15, -0.1) is 0 Å². The van der Waals surface area contributed by atoms with Crippen LogP contribution in [0.15, 0.2) is 53.5 Å². The molecule has 3 aliphatic carbocycles. The van der Waals surface area contributed by atoms with Crippen LogP contribution in [0.25, 0.3) is 0 Å². The molecule has 1 aliphatic heterocycles. The molecule has 184 valence electrons. The number of aliphatic imine (C=N–C) groups is 1. The second-order valence-corrected chi connectivity index (χ2v) is 11.3. The van der Waals surface area contributed by atoms with E-state index in [9.17, 15) is 4.79 Å². The van der Waals surface area contributed by atoms with Crippen molar-refractivity contribution in [3.05, 3.63) is 70.8 Å². The molecule has 4 aliphatic rings. The minimum absolute atomic E-state index is 0.0558. The third-order valence-electron chi connectivity index (χ3n) is 9.35. The summed E-state index contributed by atoms with van der Waals surface area (Å²) in [5.41, 5.74) is 10.3. The topological polar surface area (TPSA) is 67.9 Å². The number of methoxy groups -OCH3 is 1. The number of carbonyl (C=O) groups is 1. The van der Waals surface area contributed by atoms with Crippen LogP contribution < -0.4 is 5.73 Å². The molecule has 2 N–H and O–H groups in total. The van der Waals surface area contributed by atoms with Gasteiger partial charge in [-0.2, -0.15) is 0 Å². The molecule has 0 bridgehead atoms. The van der Waals surface area contributed by atoms with E-state index in [2.05, 4.69) is 37.3 Å². The van der Waals surface area contributed by atoms with Gasteiger partial charge < -0.3 is 10.5 Å². The summed E-state index contributed by atoms with van der Waals surface area (Å²) in [6, 6.07) is 16.9. The molecule has 35 heavy (non-hydrogen) atoms. The molecule has 0 radical (unpaired) electrons. The largest absolute Gasteiger partial charge is 0.381 e. The summed E-state index contributed by atoms with van der Waals surface area (Å²) in [4.78, 5) is 21.6. The van der Waals surface area contributed by atoms with Gasteiger partial charge in [0.1, 0.15) is 0 Å². The van der Waals surface area contributed by atoms with Crippen LogP contribution in [0.3, 0.4) is 0 Å². The van der Waals surface area contributed by atoms with Crippen molar-refractivity contribution in [1.82, 2.24) is 4.90 Å². The Hall–Kier alpha value is -2.66. The predicted molar refractivity (Wildman–Crippen MR) is 138 cm³/mol. The number of nitrogens with two attached hydrogens (primary N) is 1. The van der Waals surface area contributed by atoms with Crippen LogP contribution in [-0.4, -0.2) is 30.0 Å². The maximum atomic E-state index is 14.6. The maximum absolute atomic E-state index is 14.6. The van der Waals surface area contributed by atoms with Crippen LogP contribution in [0.4, 0.5) is 0 Å². The van der Waals surface area contributed by atoms with Gasteiger partial charge in [-0.3, -0.25) is 9.69 Å². The monoisotopic (exact) mass is 471 g/mol. The second-order valence-electron chi connectivity index (χ2n) is 11.3. The summed E-state index contributed by atoms with van der Waals surface area (Å²) in [6.45, 7) is 2.06. The first-order valence-corrected chi connectivity index (χ1v) is 13.4. The van der Waals surface area contributed by atoms with E-state index in [0.717, 1.165) is 55.6 Å². The lowest BCUT2D eigenvalue weighted by atomic mass is 9.61. The van der Waals surface area contributed by atoms with Gasteiger partial charge in [0.15, 0.2) is 11.5 Å². The lowest BCUT2D eigenvalue weighted by molar-refractivity contribution is -0.139. The Bertz CT molecular complexity index is 1150. The van der Waals surface area contributed by atoms with Crippen molar-refractivity contribution in [2.45, 2.75) is 82.4 Å². The lowest BCUT2D eigenvalue weighted by Gasteiger charge is -2.45. The van der Waals surface area contributed by atoms with E-state index in [4.69, 9.17) is 15.5 Å². The quantitative estimate of drug-likeness (QED) is 0.624. The van der Waals surface area contributed by atoms with Gasteiger partial charge in [-0.1, -0.05) is 61.4 Å². The standard InChI is InChI=1S/C30H37N3O2/c1-20(23-6-4-3-5-7-23)33-27(34)30(32-28(33)31)26-18-22(11-10-21-8-9-21)12-13-24(26)19-29(30)16-14-25(35-2)15-17-29/h3-7,12-13,18,20-21,25H,8-11,14-17,19H2,1-2H3,(H2,31,32)/t20-,25?,29?,30?/m1/s1. The van der Waals surface area contributed by atoms with E-state index in [1.54, 1.807) is 12.0 Å². The van der Waals surface area contributed by atoms with E-state index < -0.39 is 5.54 Å². The Kier molecular flexibility index (Phi) is 5.52. The fourth-order valence-electron chi connectivity index (χ4n) is 7.07. The van der Waals surface area contributed by atoms with E-state index in [1.807, 2.05) is 18.2 Å². The minimum atomic E-state index is -0.927. The number of hydrogen-bond acceptors (Lipinski definition) is 4. The molecule has 1 amide bonds. The van der Waals surface area contributed by atoms with Gasteiger partial charge >= 0.3 is 0 Å². The average Bonchev–Trinajstić information content (AvgIpc) is 3.63. The van der Waals surface area contributed by atoms with Crippen LogP contribution in [0.2, 0.25) is 0 Å². The van der Waals surface area contributed by atoms with Crippen molar-refractivity contribution in [2.75, 3.05) is 7.11 Å². The van der Waals surface area contributed by atoms with Crippen molar-refractivity contribution in [1.29, 1.82) is 0 Å². The molecule has 2 saturated carbocycles. The van der Waals surface area contributed by atoms with Crippen molar-refractivity contribution in [3.63, 3.8) is 0 Å². The van der Waals surface area contributed by atoms with Gasteiger partial charge in [0, 0.05) is 12.5 Å². The number of ether oxygens (including phenoxy) is 1. The summed E-state index contributed by atoms with van der Waals surface area (Å²) in [5, 5.41) is 0. The van der Waals surface area contributed by atoms with Gasteiger partial charge in [-0.05, 0) is 80.0 Å². The van der Waals surface area contributed by atoms with E-state index in [1.165, 1.54) is 30.4 Å². The first-order chi connectivity index (χ1) is 17.0. The van der Waals surface area contributed by atoms with Crippen LogP contribution in [0.1, 0.15) is 80.2 Å². The third-order valence-corrected chi connectivity index (χ3v) is 9.35. The minimum Gasteiger partial charge on any atom is -0.381 e. The Balaban J connectivity index is 1.43. The molecule has 2 fully saturated rings. The highest BCUT2D eigenvalue weighted by molar-refractivity contribution is 6.08. The first-order valence-electron chi connectivity index (χ1n) is 13.4.